The van der Waals surface area contributed by atoms with Crippen LogP contribution < -0.4 is 10.0 Å². The van der Waals surface area contributed by atoms with Gasteiger partial charge in [0.05, 0.1) is 17.7 Å². The third kappa shape index (κ3) is 5.08. The van der Waals surface area contributed by atoms with Crippen molar-refractivity contribution >= 4 is 21.6 Å². The molecule has 0 fully saturated rings. The fraction of sp³-hybridized carbons (Fsp3) is 0.263. The number of H-pyrrole nitrogens is 1. The summed E-state index contributed by atoms with van der Waals surface area (Å²) >= 11 is 0. The Hall–Kier alpha value is -2.91. The lowest BCUT2D eigenvalue weighted by atomic mass is 10.1. The van der Waals surface area contributed by atoms with Crippen LogP contribution in [0, 0.1) is 5.92 Å². The maximum atomic E-state index is 12.5. The van der Waals surface area contributed by atoms with E-state index in [1.807, 2.05) is 0 Å². The van der Waals surface area contributed by atoms with Crippen molar-refractivity contribution < 1.29 is 17.6 Å². The molecule has 0 atom stereocenters. The van der Waals surface area contributed by atoms with Gasteiger partial charge in [0.15, 0.2) is 5.69 Å². The molecule has 0 aliphatic heterocycles. The molecule has 28 heavy (non-hydrogen) atoms. The van der Waals surface area contributed by atoms with Crippen LogP contribution in [0.15, 0.2) is 58.0 Å². The van der Waals surface area contributed by atoms with Gasteiger partial charge >= 0.3 is 0 Å². The van der Waals surface area contributed by atoms with E-state index < -0.39 is 15.9 Å². The Bertz CT molecular complexity index is 1040. The van der Waals surface area contributed by atoms with Crippen molar-refractivity contribution in [3.63, 3.8) is 0 Å². The molecule has 3 rings (SSSR count). The van der Waals surface area contributed by atoms with Crippen LogP contribution in [0.25, 0.3) is 0 Å². The lowest BCUT2D eigenvalue weighted by molar-refractivity contribution is 0.102. The number of carbonyl (C=O) groups is 1. The van der Waals surface area contributed by atoms with Crippen molar-refractivity contribution in [2.75, 3.05) is 5.32 Å². The maximum Gasteiger partial charge on any atom is 0.276 e. The molecular weight excluding hydrogens is 380 g/mol. The van der Waals surface area contributed by atoms with E-state index in [4.69, 9.17) is 4.42 Å². The van der Waals surface area contributed by atoms with Gasteiger partial charge in [0.1, 0.15) is 5.76 Å². The first-order valence-electron chi connectivity index (χ1n) is 8.81. The lowest BCUT2D eigenvalue weighted by Crippen LogP contribution is -2.23. The number of aromatic amines is 1. The van der Waals surface area contributed by atoms with E-state index in [1.165, 1.54) is 18.4 Å². The first-order chi connectivity index (χ1) is 13.3. The Morgan fingerprint density at radius 2 is 2.04 bits per heavy atom. The largest absolute Gasteiger partial charge is 0.468 e. The summed E-state index contributed by atoms with van der Waals surface area (Å²) in [4.78, 5) is 12.4. The number of hydrogen-bond acceptors (Lipinski definition) is 5. The fourth-order valence-electron chi connectivity index (χ4n) is 2.62. The standard InChI is InChI=1S/C19H22N4O4S/c1-13(2)9-15-11-18(23-22-15)19(24)21-14-5-3-7-17(10-14)28(25,26)20-12-16-6-4-8-27-16/h3-8,10-11,13,20H,9,12H2,1-2H3,(H,21,24)(H,22,23). The van der Waals surface area contributed by atoms with Crippen LogP contribution in [0.4, 0.5) is 5.69 Å². The first-order valence-corrected chi connectivity index (χ1v) is 10.3. The van der Waals surface area contributed by atoms with E-state index >= 15 is 0 Å². The van der Waals surface area contributed by atoms with Gasteiger partial charge in [-0.1, -0.05) is 19.9 Å². The van der Waals surface area contributed by atoms with E-state index in [0.717, 1.165) is 12.1 Å². The van der Waals surface area contributed by atoms with Gasteiger partial charge in [0, 0.05) is 11.4 Å². The summed E-state index contributed by atoms with van der Waals surface area (Å²) in [6.07, 6.45) is 2.26. The molecule has 0 saturated heterocycles. The van der Waals surface area contributed by atoms with Crippen LogP contribution in [-0.2, 0) is 23.0 Å². The highest BCUT2D eigenvalue weighted by molar-refractivity contribution is 7.89. The predicted molar refractivity (Wildman–Crippen MR) is 104 cm³/mol. The van der Waals surface area contributed by atoms with E-state index in [0.29, 0.717) is 17.4 Å². The molecule has 9 heteroatoms. The molecular formula is C19H22N4O4S. The molecule has 0 saturated carbocycles. The van der Waals surface area contributed by atoms with Gasteiger partial charge in [-0.25, -0.2) is 13.1 Å². The second-order valence-electron chi connectivity index (χ2n) is 6.76. The number of hydrogen-bond donors (Lipinski definition) is 3. The van der Waals surface area contributed by atoms with Crippen molar-refractivity contribution in [3.8, 4) is 0 Å². The Kier molecular flexibility index (Phi) is 5.96. The van der Waals surface area contributed by atoms with Crippen molar-refractivity contribution in [2.45, 2.75) is 31.7 Å². The summed E-state index contributed by atoms with van der Waals surface area (Å²) in [5.41, 5.74) is 1.48. The number of nitrogens with zero attached hydrogens (tertiary/aromatic N) is 1. The van der Waals surface area contributed by atoms with E-state index in [2.05, 4.69) is 34.1 Å². The molecule has 0 spiro atoms. The van der Waals surface area contributed by atoms with E-state index in [9.17, 15) is 13.2 Å². The molecule has 2 aromatic heterocycles. The number of rotatable bonds is 8. The average Bonchev–Trinajstić information content (AvgIpc) is 3.32. The van der Waals surface area contributed by atoms with Crippen LogP contribution in [-0.4, -0.2) is 24.5 Å². The number of carbonyl (C=O) groups excluding carboxylic acids is 1. The van der Waals surface area contributed by atoms with E-state index in [1.54, 1.807) is 30.3 Å². The summed E-state index contributed by atoms with van der Waals surface area (Å²) in [7, 11) is -3.75. The zero-order valence-electron chi connectivity index (χ0n) is 15.6. The molecule has 3 N–H and O–H groups in total. The Labute approximate surface area is 163 Å². The highest BCUT2D eigenvalue weighted by atomic mass is 32.2. The Morgan fingerprint density at radius 3 is 2.75 bits per heavy atom. The van der Waals surface area contributed by atoms with Gasteiger partial charge in [-0.15, -0.1) is 0 Å². The van der Waals surface area contributed by atoms with Crippen LogP contribution in [0.1, 0.15) is 35.8 Å². The predicted octanol–water partition coefficient (Wildman–Crippen LogP) is 2.93. The van der Waals surface area contributed by atoms with Crippen molar-refractivity contribution in [2.24, 2.45) is 5.92 Å². The van der Waals surface area contributed by atoms with Crippen LogP contribution >= 0.6 is 0 Å². The number of sulfonamides is 1. The van der Waals surface area contributed by atoms with Gasteiger partial charge in [0.25, 0.3) is 5.91 Å². The SMILES string of the molecule is CC(C)Cc1cc(C(=O)Nc2cccc(S(=O)(=O)NCc3ccco3)c2)n[nH]1. The normalized spacial score (nSPS) is 11.7. The number of amides is 1. The molecule has 1 aromatic carbocycles. The Morgan fingerprint density at radius 1 is 1.21 bits per heavy atom. The van der Waals surface area contributed by atoms with Gasteiger partial charge in [-0.2, -0.15) is 5.10 Å². The minimum atomic E-state index is -3.75. The molecule has 0 aliphatic rings. The van der Waals surface area contributed by atoms with Gasteiger partial charge in [0.2, 0.25) is 10.0 Å². The highest BCUT2D eigenvalue weighted by Crippen LogP contribution is 2.17. The molecule has 2 heterocycles. The number of benzene rings is 1. The topological polar surface area (TPSA) is 117 Å². The quantitative estimate of drug-likeness (QED) is 0.535. The minimum Gasteiger partial charge on any atom is -0.468 e. The number of furan rings is 1. The second kappa shape index (κ2) is 8.41. The van der Waals surface area contributed by atoms with Crippen molar-refractivity contribution in [1.29, 1.82) is 0 Å². The number of nitrogens with one attached hydrogen (secondary N) is 3. The zero-order valence-corrected chi connectivity index (χ0v) is 16.4. The van der Waals surface area contributed by atoms with Gasteiger partial charge in [-0.05, 0) is 48.7 Å². The van der Waals surface area contributed by atoms with Crippen LogP contribution in [0.3, 0.4) is 0 Å². The summed E-state index contributed by atoms with van der Waals surface area (Å²) in [6.45, 7) is 4.19. The molecule has 3 aromatic rings. The second-order valence-corrected chi connectivity index (χ2v) is 8.53. The third-order valence-electron chi connectivity index (χ3n) is 3.91. The molecule has 8 nitrogen and oxygen atoms in total. The van der Waals surface area contributed by atoms with E-state index in [-0.39, 0.29) is 17.1 Å². The molecule has 0 aliphatic carbocycles. The van der Waals surface area contributed by atoms with Gasteiger partial charge in [-0.3, -0.25) is 9.89 Å². The van der Waals surface area contributed by atoms with Crippen LogP contribution in [0.5, 0.6) is 0 Å². The summed E-state index contributed by atoms with van der Waals surface area (Å²) in [6, 6.07) is 11.1. The monoisotopic (exact) mass is 402 g/mol. The van der Waals surface area contributed by atoms with Crippen molar-refractivity contribution in [3.05, 3.63) is 65.9 Å². The molecule has 148 valence electrons. The molecule has 1 amide bonds. The molecule has 0 unspecified atom stereocenters. The number of anilines is 1. The summed E-state index contributed by atoms with van der Waals surface area (Å²) in [5, 5.41) is 9.54. The van der Waals surface area contributed by atoms with Crippen LogP contribution in [0.2, 0.25) is 0 Å². The molecule has 0 radical (unpaired) electrons. The first kappa shape index (κ1) is 19.8. The smallest absolute Gasteiger partial charge is 0.276 e. The summed E-state index contributed by atoms with van der Waals surface area (Å²) in [5.74, 6) is 0.528. The summed E-state index contributed by atoms with van der Waals surface area (Å²) < 4.78 is 32.5. The zero-order chi connectivity index (χ0) is 20.1. The average molecular weight is 402 g/mol. The van der Waals surface area contributed by atoms with Gasteiger partial charge < -0.3 is 9.73 Å². The lowest BCUT2D eigenvalue weighted by Gasteiger charge is -2.08. The third-order valence-corrected chi connectivity index (χ3v) is 5.31. The number of aromatic nitrogens is 2. The maximum absolute atomic E-state index is 12.5. The fourth-order valence-corrected chi connectivity index (χ4v) is 3.66. The highest BCUT2D eigenvalue weighted by Gasteiger charge is 2.16. The minimum absolute atomic E-state index is 0.0395. The molecule has 0 bridgehead atoms. The van der Waals surface area contributed by atoms with Crippen molar-refractivity contribution in [1.82, 2.24) is 14.9 Å². The Balaban J connectivity index is 1.68.